The summed E-state index contributed by atoms with van der Waals surface area (Å²) in [5, 5.41) is 2.62. The summed E-state index contributed by atoms with van der Waals surface area (Å²) in [6.45, 7) is 1.50. The van der Waals surface area contributed by atoms with Crippen molar-refractivity contribution in [1.82, 2.24) is 15.2 Å². The zero-order chi connectivity index (χ0) is 21.6. The van der Waals surface area contributed by atoms with E-state index in [2.05, 4.69) is 15.3 Å². The molecule has 1 N–H and O–H groups in total. The van der Waals surface area contributed by atoms with E-state index in [1.807, 2.05) is 0 Å². The smallest absolute Gasteiger partial charge is 0.281 e. The number of likely N-dealkylation sites (N-methyl/N-ethyl adjacent to an activating group) is 1. The molecule has 1 aromatic carbocycles. The number of hydrogen-bond donors (Lipinski definition) is 1. The lowest BCUT2D eigenvalue weighted by atomic mass is 9.89. The van der Waals surface area contributed by atoms with Crippen LogP contribution >= 0.6 is 0 Å². The Morgan fingerprint density at radius 1 is 1.13 bits per heavy atom. The highest BCUT2D eigenvalue weighted by molar-refractivity contribution is 5.86. The number of rotatable bonds is 3. The fraction of sp³-hybridized carbons (Fsp3) is 0.429. The van der Waals surface area contributed by atoms with Gasteiger partial charge in [-0.3, -0.25) is 9.98 Å². The average Bonchev–Trinajstić information content (AvgIpc) is 3.24. The highest BCUT2D eigenvalue weighted by Gasteiger charge is 2.48. The molecule has 9 heteroatoms. The molecule has 4 nitrogen and oxygen atoms in total. The molecular weight excluding hydrogens is 403 g/mol. The summed E-state index contributed by atoms with van der Waals surface area (Å²) in [5.41, 5.74) is 0.858. The molecule has 2 aliphatic rings. The standard InChI is InChI=1S/C21H21F5N4/c1-11-3-14(20-16(24)6-13(22)8-29-20)19(15(23)4-11)12-5-18(28-7-12)30-9-17(27-2)21(25,26)10-30/h3-4,6,8,12,17,27H,5,7,9-10H2,1-2H3/t12?,17-/m1/s1. The molecule has 0 saturated carbocycles. The van der Waals surface area contributed by atoms with Crippen LogP contribution in [0.2, 0.25) is 0 Å². The number of nitrogens with one attached hydrogen (secondary N) is 1. The zero-order valence-corrected chi connectivity index (χ0v) is 16.5. The Labute approximate surface area is 170 Å². The van der Waals surface area contributed by atoms with Gasteiger partial charge in [-0.1, -0.05) is 0 Å². The molecule has 0 spiro atoms. The lowest BCUT2D eigenvalue weighted by molar-refractivity contribution is -0.00518. The van der Waals surface area contributed by atoms with Crippen LogP contribution in [0.5, 0.6) is 0 Å². The zero-order valence-electron chi connectivity index (χ0n) is 16.5. The van der Waals surface area contributed by atoms with Gasteiger partial charge >= 0.3 is 0 Å². The van der Waals surface area contributed by atoms with Crippen LogP contribution in [-0.4, -0.2) is 54.4 Å². The Morgan fingerprint density at radius 3 is 2.57 bits per heavy atom. The number of halogens is 5. The maximum atomic E-state index is 15.0. The van der Waals surface area contributed by atoms with Crippen LogP contribution in [0.25, 0.3) is 11.3 Å². The van der Waals surface area contributed by atoms with Crippen molar-refractivity contribution in [3.05, 3.63) is 53.0 Å². The second-order valence-corrected chi connectivity index (χ2v) is 7.83. The van der Waals surface area contributed by atoms with Crippen LogP contribution in [0.1, 0.15) is 23.5 Å². The fourth-order valence-electron chi connectivity index (χ4n) is 4.25. The third-order valence-corrected chi connectivity index (χ3v) is 5.70. The molecule has 0 radical (unpaired) electrons. The number of likely N-dealkylation sites (tertiary alicyclic amines) is 1. The van der Waals surface area contributed by atoms with Gasteiger partial charge in [-0.25, -0.2) is 22.0 Å². The van der Waals surface area contributed by atoms with E-state index < -0.39 is 41.9 Å². The highest BCUT2D eigenvalue weighted by atomic mass is 19.3. The van der Waals surface area contributed by atoms with Crippen LogP contribution in [0.4, 0.5) is 22.0 Å². The van der Waals surface area contributed by atoms with Crippen molar-refractivity contribution >= 4 is 5.84 Å². The second kappa shape index (κ2) is 7.61. The second-order valence-electron chi connectivity index (χ2n) is 7.83. The predicted molar refractivity (Wildman–Crippen MR) is 103 cm³/mol. The number of benzene rings is 1. The number of aryl methyl sites for hydroxylation is 1. The number of alkyl halides is 2. The Hall–Kier alpha value is -2.55. The Morgan fingerprint density at radius 2 is 1.90 bits per heavy atom. The van der Waals surface area contributed by atoms with E-state index in [0.717, 1.165) is 6.20 Å². The monoisotopic (exact) mass is 424 g/mol. The van der Waals surface area contributed by atoms with Crippen molar-refractivity contribution in [2.45, 2.75) is 31.2 Å². The molecule has 1 saturated heterocycles. The number of nitrogens with zero attached hydrogens (tertiary/aromatic N) is 3. The van der Waals surface area contributed by atoms with Gasteiger partial charge in [-0.05, 0) is 31.7 Å². The SMILES string of the molecule is CN[C@@H]1CN(C2=NCC(c3c(F)cc(C)cc3-c3ncc(F)cc3F)C2)CC1(F)F. The van der Waals surface area contributed by atoms with Gasteiger partial charge in [0.25, 0.3) is 5.92 Å². The van der Waals surface area contributed by atoms with E-state index in [0.29, 0.717) is 17.5 Å². The molecule has 30 heavy (non-hydrogen) atoms. The maximum absolute atomic E-state index is 15.0. The molecule has 2 atom stereocenters. The van der Waals surface area contributed by atoms with Crippen LogP contribution < -0.4 is 5.32 Å². The van der Waals surface area contributed by atoms with Crippen LogP contribution in [0, 0.1) is 24.4 Å². The summed E-state index contributed by atoms with van der Waals surface area (Å²) < 4.78 is 70.9. The summed E-state index contributed by atoms with van der Waals surface area (Å²) in [6, 6.07) is 2.65. The summed E-state index contributed by atoms with van der Waals surface area (Å²) in [4.78, 5) is 9.73. The van der Waals surface area contributed by atoms with E-state index in [1.54, 1.807) is 13.0 Å². The molecule has 0 bridgehead atoms. The quantitative estimate of drug-likeness (QED) is 0.760. The molecule has 0 aliphatic carbocycles. The molecule has 4 rings (SSSR count). The first-order valence-corrected chi connectivity index (χ1v) is 9.64. The molecule has 160 valence electrons. The Balaban J connectivity index is 1.65. The third-order valence-electron chi connectivity index (χ3n) is 5.70. The summed E-state index contributed by atoms with van der Waals surface area (Å²) in [5.74, 6) is -5.13. The van der Waals surface area contributed by atoms with Gasteiger partial charge in [0, 0.05) is 42.6 Å². The molecule has 2 aliphatic heterocycles. The van der Waals surface area contributed by atoms with E-state index in [-0.39, 0.29) is 36.3 Å². The van der Waals surface area contributed by atoms with Crippen molar-refractivity contribution in [2.75, 3.05) is 26.7 Å². The lowest BCUT2D eigenvalue weighted by Crippen LogP contribution is -2.41. The van der Waals surface area contributed by atoms with Gasteiger partial charge in [-0.2, -0.15) is 0 Å². The van der Waals surface area contributed by atoms with Crippen molar-refractivity contribution in [1.29, 1.82) is 0 Å². The molecule has 1 fully saturated rings. The van der Waals surface area contributed by atoms with Gasteiger partial charge < -0.3 is 10.2 Å². The van der Waals surface area contributed by atoms with Gasteiger partial charge in [0.05, 0.1) is 24.6 Å². The van der Waals surface area contributed by atoms with E-state index in [9.17, 15) is 22.0 Å². The first-order valence-electron chi connectivity index (χ1n) is 9.64. The number of aromatic nitrogens is 1. The number of hydrogen-bond acceptors (Lipinski definition) is 4. The van der Waals surface area contributed by atoms with Gasteiger partial charge in [0.1, 0.15) is 17.3 Å². The molecular formula is C21H21F5N4. The maximum Gasteiger partial charge on any atom is 0.281 e. The minimum Gasteiger partial charge on any atom is -0.352 e. The van der Waals surface area contributed by atoms with E-state index >= 15 is 0 Å². The highest BCUT2D eigenvalue weighted by Crippen LogP contribution is 2.39. The number of pyridine rings is 1. The minimum absolute atomic E-state index is 0.104. The van der Waals surface area contributed by atoms with Crippen LogP contribution in [0.3, 0.4) is 0 Å². The van der Waals surface area contributed by atoms with Crippen molar-refractivity contribution in [2.24, 2.45) is 4.99 Å². The fourth-order valence-corrected chi connectivity index (χ4v) is 4.25. The largest absolute Gasteiger partial charge is 0.352 e. The topological polar surface area (TPSA) is 40.5 Å². The van der Waals surface area contributed by atoms with Crippen LogP contribution in [-0.2, 0) is 0 Å². The first-order chi connectivity index (χ1) is 14.2. The number of amidine groups is 1. The Kier molecular flexibility index (Phi) is 5.25. The first kappa shape index (κ1) is 20.7. The minimum atomic E-state index is -2.89. The van der Waals surface area contributed by atoms with Gasteiger partial charge in [-0.15, -0.1) is 0 Å². The molecule has 3 heterocycles. The van der Waals surface area contributed by atoms with E-state index in [1.165, 1.54) is 18.0 Å². The summed E-state index contributed by atoms with van der Waals surface area (Å²) in [6.07, 6.45) is 1.13. The Bertz CT molecular complexity index is 1010. The van der Waals surface area contributed by atoms with Crippen molar-refractivity contribution in [3.63, 3.8) is 0 Å². The average molecular weight is 424 g/mol. The van der Waals surface area contributed by atoms with Crippen molar-refractivity contribution < 1.29 is 22.0 Å². The van der Waals surface area contributed by atoms with Crippen molar-refractivity contribution in [3.8, 4) is 11.3 Å². The van der Waals surface area contributed by atoms with Gasteiger partial charge in [0.2, 0.25) is 0 Å². The molecule has 1 unspecified atom stereocenters. The molecule has 2 aromatic rings. The number of aliphatic imine (C=N–C) groups is 1. The summed E-state index contributed by atoms with van der Waals surface area (Å²) >= 11 is 0. The molecule has 0 amide bonds. The van der Waals surface area contributed by atoms with Crippen LogP contribution in [0.15, 0.2) is 29.4 Å². The lowest BCUT2D eigenvalue weighted by Gasteiger charge is -2.20. The predicted octanol–water partition coefficient (Wildman–Crippen LogP) is 3.90. The van der Waals surface area contributed by atoms with Gasteiger partial charge in [0.15, 0.2) is 5.82 Å². The third kappa shape index (κ3) is 3.66. The van der Waals surface area contributed by atoms with E-state index in [4.69, 9.17) is 0 Å². The molecule has 1 aromatic heterocycles. The summed E-state index contributed by atoms with van der Waals surface area (Å²) in [7, 11) is 1.49. The normalized spacial score (nSPS) is 23.2.